The van der Waals surface area contributed by atoms with Crippen molar-refractivity contribution in [3.05, 3.63) is 28.5 Å². The van der Waals surface area contributed by atoms with E-state index in [1.807, 2.05) is 6.92 Å². The van der Waals surface area contributed by atoms with Gasteiger partial charge in [-0.15, -0.1) is 12.4 Å². The van der Waals surface area contributed by atoms with Gasteiger partial charge in [0.15, 0.2) is 0 Å². The molecule has 0 atom stereocenters. The van der Waals surface area contributed by atoms with Crippen LogP contribution in [0, 0.1) is 5.82 Å². The molecule has 0 fully saturated rings. The van der Waals surface area contributed by atoms with Gasteiger partial charge in [-0.05, 0) is 34.1 Å². The lowest BCUT2D eigenvalue weighted by Gasteiger charge is -2.06. The van der Waals surface area contributed by atoms with E-state index in [4.69, 9.17) is 0 Å². The summed E-state index contributed by atoms with van der Waals surface area (Å²) in [5, 5.41) is 0. The number of hydrogen-bond donors (Lipinski definition) is 2. The zero-order valence-electron chi connectivity index (χ0n) is 7.10. The Morgan fingerprint density at radius 1 is 1.46 bits per heavy atom. The molecule has 0 heterocycles. The second-order valence-electron chi connectivity index (χ2n) is 2.28. The van der Waals surface area contributed by atoms with Crippen LogP contribution < -0.4 is 10.9 Å². The van der Waals surface area contributed by atoms with Gasteiger partial charge in [-0.25, -0.2) is 9.82 Å². The predicted octanol–water partition coefficient (Wildman–Crippen LogP) is 2.95. The molecule has 0 radical (unpaired) electrons. The van der Waals surface area contributed by atoms with Crippen molar-refractivity contribution in [2.45, 2.75) is 6.92 Å². The van der Waals surface area contributed by atoms with Crippen molar-refractivity contribution in [3.8, 4) is 0 Å². The molecule has 0 aliphatic rings. The first-order valence-electron chi connectivity index (χ1n) is 3.68. The molecule has 0 bridgehead atoms. The monoisotopic (exact) mass is 268 g/mol. The number of nitrogens with one attached hydrogen (secondary N) is 2. The molecule has 5 heteroatoms. The van der Waals surface area contributed by atoms with Crippen LogP contribution in [0.3, 0.4) is 0 Å². The molecule has 1 aromatic carbocycles. The van der Waals surface area contributed by atoms with Crippen LogP contribution in [0.5, 0.6) is 0 Å². The highest BCUT2D eigenvalue weighted by atomic mass is 79.9. The van der Waals surface area contributed by atoms with E-state index >= 15 is 0 Å². The van der Waals surface area contributed by atoms with E-state index in [-0.39, 0.29) is 18.2 Å². The summed E-state index contributed by atoms with van der Waals surface area (Å²) in [6, 6.07) is 4.75. The molecule has 0 amide bonds. The Balaban J connectivity index is 0.00000144. The van der Waals surface area contributed by atoms with Crippen LogP contribution in [-0.2, 0) is 0 Å². The molecule has 0 saturated carbocycles. The highest BCUT2D eigenvalue weighted by Crippen LogP contribution is 2.19. The summed E-state index contributed by atoms with van der Waals surface area (Å²) in [5.74, 6) is -0.253. The Bertz CT molecular complexity index is 270. The largest absolute Gasteiger partial charge is 0.321 e. The van der Waals surface area contributed by atoms with Gasteiger partial charge >= 0.3 is 0 Å². The third kappa shape index (κ3) is 3.93. The zero-order chi connectivity index (χ0) is 8.97. The Morgan fingerprint density at radius 2 is 2.15 bits per heavy atom. The molecular weight excluding hydrogens is 258 g/mol. The summed E-state index contributed by atoms with van der Waals surface area (Å²) in [4.78, 5) is 0. The van der Waals surface area contributed by atoms with Crippen LogP contribution in [0.4, 0.5) is 10.1 Å². The molecular formula is C8H11BrClFN2. The third-order valence-electron chi connectivity index (χ3n) is 1.33. The Morgan fingerprint density at radius 3 is 2.69 bits per heavy atom. The van der Waals surface area contributed by atoms with Crippen LogP contribution in [0.1, 0.15) is 6.92 Å². The van der Waals surface area contributed by atoms with Crippen molar-refractivity contribution in [2.75, 3.05) is 12.0 Å². The van der Waals surface area contributed by atoms with Gasteiger partial charge in [0.05, 0.1) is 10.2 Å². The average molecular weight is 270 g/mol. The normalized spacial score (nSPS) is 9.15. The van der Waals surface area contributed by atoms with Gasteiger partial charge in [0.1, 0.15) is 5.82 Å². The van der Waals surface area contributed by atoms with Gasteiger partial charge in [0.25, 0.3) is 0 Å². The summed E-state index contributed by atoms with van der Waals surface area (Å²) < 4.78 is 13.2. The van der Waals surface area contributed by atoms with E-state index in [9.17, 15) is 4.39 Å². The van der Waals surface area contributed by atoms with E-state index in [2.05, 4.69) is 26.8 Å². The van der Waals surface area contributed by atoms with Gasteiger partial charge in [0, 0.05) is 6.54 Å². The molecule has 0 saturated heterocycles. The van der Waals surface area contributed by atoms with Crippen molar-refractivity contribution in [3.63, 3.8) is 0 Å². The smallest absolute Gasteiger partial charge is 0.137 e. The highest BCUT2D eigenvalue weighted by Gasteiger charge is 1.98. The Labute approximate surface area is 91.4 Å². The number of hydrogen-bond acceptors (Lipinski definition) is 2. The summed E-state index contributed by atoms with van der Waals surface area (Å²) in [6.07, 6.45) is 0. The van der Waals surface area contributed by atoms with Crippen molar-refractivity contribution >= 4 is 34.0 Å². The molecule has 1 rings (SSSR count). The topological polar surface area (TPSA) is 24.1 Å². The third-order valence-corrected chi connectivity index (χ3v) is 1.94. The first-order chi connectivity index (χ1) is 5.74. The second kappa shape index (κ2) is 6.18. The summed E-state index contributed by atoms with van der Waals surface area (Å²) in [7, 11) is 0. The number of rotatable bonds is 3. The van der Waals surface area contributed by atoms with Crippen LogP contribution in [0.25, 0.3) is 0 Å². The maximum absolute atomic E-state index is 12.7. The first kappa shape index (κ1) is 12.7. The maximum atomic E-state index is 12.7. The minimum absolute atomic E-state index is 0. The molecule has 74 valence electrons. The molecule has 2 nitrogen and oxygen atoms in total. The van der Waals surface area contributed by atoms with Crippen molar-refractivity contribution in [2.24, 2.45) is 0 Å². The SMILES string of the molecule is CCNNc1ccc(F)c(Br)c1.Cl. The molecule has 0 unspecified atom stereocenters. The zero-order valence-corrected chi connectivity index (χ0v) is 9.51. The summed E-state index contributed by atoms with van der Waals surface area (Å²) in [5.41, 5.74) is 6.67. The first-order valence-corrected chi connectivity index (χ1v) is 4.47. The predicted molar refractivity (Wildman–Crippen MR) is 58.6 cm³/mol. The van der Waals surface area contributed by atoms with E-state index in [0.29, 0.717) is 4.47 Å². The van der Waals surface area contributed by atoms with E-state index in [1.165, 1.54) is 6.07 Å². The molecule has 0 aromatic heterocycles. The average Bonchev–Trinajstić information content (AvgIpc) is 2.07. The van der Waals surface area contributed by atoms with E-state index in [0.717, 1.165) is 12.2 Å². The lowest BCUT2D eigenvalue weighted by atomic mass is 10.3. The van der Waals surface area contributed by atoms with Crippen molar-refractivity contribution < 1.29 is 4.39 Å². The maximum Gasteiger partial charge on any atom is 0.137 e. The van der Waals surface area contributed by atoms with Gasteiger partial charge < -0.3 is 5.43 Å². The minimum atomic E-state index is -0.253. The number of benzene rings is 1. The Kier molecular flexibility index (Phi) is 6.03. The van der Waals surface area contributed by atoms with Gasteiger partial charge in [-0.1, -0.05) is 6.92 Å². The van der Waals surface area contributed by atoms with Gasteiger partial charge in [0.2, 0.25) is 0 Å². The van der Waals surface area contributed by atoms with Gasteiger partial charge in [-0.2, -0.15) is 0 Å². The summed E-state index contributed by atoms with van der Waals surface area (Å²) in [6.45, 7) is 2.79. The minimum Gasteiger partial charge on any atom is -0.321 e. The van der Waals surface area contributed by atoms with E-state index in [1.54, 1.807) is 12.1 Å². The van der Waals surface area contributed by atoms with Crippen LogP contribution >= 0.6 is 28.3 Å². The molecule has 0 aliphatic heterocycles. The van der Waals surface area contributed by atoms with Crippen molar-refractivity contribution in [1.29, 1.82) is 0 Å². The van der Waals surface area contributed by atoms with Gasteiger partial charge in [-0.3, -0.25) is 0 Å². The van der Waals surface area contributed by atoms with E-state index < -0.39 is 0 Å². The van der Waals surface area contributed by atoms with Crippen LogP contribution in [0.15, 0.2) is 22.7 Å². The number of halogens is 3. The molecule has 0 spiro atoms. The molecule has 0 aliphatic carbocycles. The van der Waals surface area contributed by atoms with Crippen molar-refractivity contribution in [1.82, 2.24) is 5.43 Å². The lowest BCUT2D eigenvalue weighted by molar-refractivity contribution is 0.621. The number of hydrazine groups is 1. The molecule has 13 heavy (non-hydrogen) atoms. The quantitative estimate of drug-likeness (QED) is 0.825. The van der Waals surface area contributed by atoms with Crippen LogP contribution in [-0.4, -0.2) is 6.54 Å². The fraction of sp³-hybridized carbons (Fsp3) is 0.250. The highest BCUT2D eigenvalue weighted by molar-refractivity contribution is 9.10. The van der Waals surface area contributed by atoms with Crippen LogP contribution in [0.2, 0.25) is 0 Å². The fourth-order valence-corrected chi connectivity index (χ4v) is 1.14. The number of anilines is 1. The molecule has 2 N–H and O–H groups in total. The standard InChI is InChI=1S/C8H10BrFN2.ClH/c1-2-11-12-6-3-4-8(10)7(9)5-6;/h3-5,11-12H,2H2,1H3;1H. The fourth-order valence-electron chi connectivity index (χ4n) is 0.764. The second-order valence-corrected chi connectivity index (χ2v) is 3.14. The Hall–Kier alpha value is -0.320. The lowest BCUT2D eigenvalue weighted by Crippen LogP contribution is -2.20. The summed E-state index contributed by atoms with van der Waals surface area (Å²) >= 11 is 3.10. The molecule has 1 aromatic rings.